The van der Waals surface area contributed by atoms with Crippen LogP contribution in [0.1, 0.15) is 65.7 Å². The predicted molar refractivity (Wildman–Crippen MR) is 92.7 cm³/mol. The van der Waals surface area contributed by atoms with Gasteiger partial charge in [-0.05, 0) is 66.9 Å². The highest BCUT2D eigenvalue weighted by Gasteiger charge is 2.61. The predicted octanol–water partition coefficient (Wildman–Crippen LogP) is 3.63. The van der Waals surface area contributed by atoms with Crippen LogP contribution in [0.15, 0.2) is 11.6 Å². The summed E-state index contributed by atoms with van der Waals surface area (Å²) in [7, 11) is 0. The molecule has 0 bridgehead atoms. The van der Waals surface area contributed by atoms with Gasteiger partial charge >= 0.3 is 5.97 Å². The summed E-state index contributed by atoms with van der Waals surface area (Å²) < 4.78 is 5.69. The maximum absolute atomic E-state index is 12.5. The fraction of sp³-hybridized carbons (Fsp3) is 0.762. The zero-order valence-corrected chi connectivity index (χ0v) is 15.5. The van der Waals surface area contributed by atoms with E-state index in [1.807, 2.05) is 0 Å². The van der Waals surface area contributed by atoms with E-state index in [0.29, 0.717) is 36.4 Å². The van der Waals surface area contributed by atoms with Crippen molar-refractivity contribution in [1.82, 2.24) is 0 Å². The molecule has 0 N–H and O–H groups in total. The Bertz CT molecular complexity index is 677. The van der Waals surface area contributed by atoms with Gasteiger partial charge in [-0.15, -0.1) is 0 Å². The van der Waals surface area contributed by atoms with E-state index in [2.05, 4.69) is 13.8 Å². The van der Waals surface area contributed by atoms with Gasteiger partial charge in [0.25, 0.3) is 0 Å². The van der Waals surface area contributed by atoms with Crippen molar-refractivity contribution in [3.8, 4) is 0 Å². The first-order chi connectivity index (χ1) is 11.8. The van der Waals surface area contributed by atoms with Gasteiger partial charge < -0.3 is 4.74 Å². The number of hydrogen-bond acceptors (Lipinski definition) is 4. The van der Waals surface area contributed by atoms with Crippen molar-refractivity contribution in [2.45, 2.75) is 71.8 Å². The van der Waals surface area contributed by atoms with Crippen LogP contribution in [0.4, 0.5) is 0 Å². The van der Waals surface area contributed by atoms with Crippen LogP contribution in [0.2, 0.25) is 0 Å². The molecule has 0 radical (unpaired) electrons. The molecule has 0 heterocycles. The van der Waals surface area contributed by atoms with Crippen molar-refractivity contribution >= 4 is 17.5 Å². The summed E-state index contributed by atoms with van der Waals surface area (Å²) in [5, 5.41) is 0. The zero-order chi connectivity index (χ0) is 18.0. The molecule has 0 unspecified atom stereocenters. The second-order valence-corrected chi connectivity index (χ2v) is 9.11. The number of Topliss-reactive ketones (excluding diaryl/α,β-unsaturated/α-hetero) is 1. The molecule has 0 aromatic carbocycles. The molecule has 6 atom stereocenters. The van der Waals surface area contributed by atoms with Gasteiger partial charge in [-0.1, -0.05) is 13.8 Å². The average molecular weight is 344 g/mol. The van der Waals surface area contributed by atoms with Crippen LogP contribution in [-0.4, -0.2) is 23.6 Å². The number of ether oxygens (including phenoxy) is 1. The molecule has 0 aromatic rings. The summed E-state index contributed by atoms with van der Waals surface area (Å²) in [6, 6.07) is 0. The number of ketones is 2. The maximum atomic E-state index is 12.5. The Morgan fingerprint density at radius 3 is 2.52 bits per heavy atom. The molecule has 3 saturated carbocycles. The Hall–Kier alpha value is -1.45. The van der Waals surface area contributed by atoms with Gasteiger partial charge in [0, 0.05) is 25.2 Å². The molecule has 136 valence electrons. The highest BCUT2D eigenvalue weighted by molar-refractivity contribution is 5.92. The molecular weight excluding hydrogens is 316 g/mol. The van der Waals surface area contributed by atoms with Gasteiger partial charge in [0.15, 0.2) is 5.78 Å². The van der Waals surface area contributed by atoms with Crippen LogP contribution in [0.3, 0.4) is 0 Å². The summed E-state index contributed by atoms with van der Waals surface area (Å²) >= 11 is 0. The summed E-state index contributed by atoms with van der Waals surface area (Å²) in [6.45, 7) is 5.86. The van der Waals surface area contributed by atoms with Crippen molar-refractivity contribution in [2.24, 2.45) is 28.6 Å². The average Bonchev–Trinajstić information content (AvgIpc) is 2.84. The lowest BCUT2D eigenvalue weighted by Crippen LogP contribution is -2.54. The number of rotatable bonds is 1. The number of carbonyl (C=O) groups is 3. The van der Waals surface area contributed by atoms with E-state index >= 15 is 0 Å². The molecule has 0 amide bonds. The van der Waals surface area contributed by atoms with Crippen LogP contribution in [0.25, 0.3) is 0 Å². The van der Waals surface area contributed by atoms with Crippen molar-refractivity contribution in [2.75, 3.05) is 0 Å². The van der Waals surface area contributed by atoms with Gasteiger partial charge in [0.05, 0.1) is 0 Å². The van der Waals surface area contributed by atoms with Crippen molar-refractivity contribution in [3.63, 3.8) is 0 Å². The minimum atomic E-state index is -0.300. The molecule has 0 aromatic heterocycles. The van der Waals surface area contributed by atoms with Crippen LogP contribution in [0, 0.1) is 28.6 Å². The summed E-state index contributed by atoms with van der Waals surface area (Å²) in [5.41, 5.74) is 0.765. The molecule has 4 aliphatic rings. The van der Waals surface area contributed by atoms with Crippen molar-refractivity contribution in [3.05, 3.63) is 11.6 Å². The SMILES string of the molecule is CC(=O)O[C@H]1C[C@@H]2[C@H](CC[C@]3(C)C(=O)CC[C@@H]23)[C@@]2(C)CCC(=O)C=C12. The Kier molecular flexibility index (Phi) is 3.75. The highest BCUT2D eigenvalue weighted by Crippen LogP contribution is 2.64. The van der Waals surface area contributed by atoms with E-state index in [0.717, 1.165) is 37.7 Å². The van der Waals surface area contributed by atoms with E-state index in [1.165, 1.54) is 6.92 Å². The zero-order valence-electron chi connectivity index (χ0n) is 15.5. The van der Waals surface area contributed by atoms with E-state index in [9.17, 15) is 14.4 Å². The Morgan fingerprint density at radius 1 is 1.08 bits per heavy atom. The number of esters is 1. The van der Waals surface area contributed by atoms with E-state index in [4.69, 9.17) is 4.74 Å². The lowest BCUT2D eigenvalue weighted by atomic mass is 9.47. The lowest BCUT2D eigenvalue weighted by molar-refractivity contribution is -0.154. The first-order valence-corrected chi connectivity index (χ1v) is 9.71. The number of carbonyl (C=O) groups excluding carboxylic acids is 3. The minimum absolute atomic E-state index is 0.0795. The molecule has 3 fully saturated rings. The molecule has 25 heavy (non-hydrogen) atoms. The molecule has 4 rings (SSSR count). The standard InChI is InChI=1S/C21H28O4/c1-12(22)25-18-11-14-15-4-5-19(24)21(15,3)9-7-16(14)20(2)8-6-13(23)10-17(18)20/h10,14-16,18H,4-9,11H2,1-3H3/t14-,15-,16-,18-,20+,21-/m0/s1. The number of fused-ring (bicyclic) bond motifs is 5. The molecule has 0 saturated heterocycles. The first-order valence-electron chi connectivity index (χ1n) is 9.71. The third-order valence-electron chi connectivity index (χ3n) is 7.97. The third kappa shape index (κ3) is 2.36. The first kappa shape index (κ1) is 17.0. The van der Waals surface area contributed by atoms with Crippen molar-refractivity contribution in [1.29, 1.82) is 0 Å². The topological polar surface area (TPSA) is 60.4 Å². The number of hydrogen-bond donors (Lipinski definition) is 0. The second kappa shape index (κ2) is 5.52. The summed E-state index contributed by atoms with van der Waals surface area (Å²) in [4.78, 5) is 36.3. The molecule has 4 nitrogen and oxygen atoms in total. The van der Waals surface area contributed by atoms with Gasteiger partial charge in [-0.3, -0.25) is 14.4 Å². The van der Waals surface area contributed by atoms with Crippen LogP contribution in [-0.2, 0) is 19.1 Å². The van der Waals surface area contributed by atoms with Gasteiger partial charge in [-0.2, -0.15) is 0 Å². The maximum Gasteiger partial charge on any atom is 0.303 e. The Morgan fingerprint density at radius 2 is 1.80 bits per heavy atom. The monoisotopic (exact) mass is 344 g/mol. The normalized spacial score (nSPS) is 46.0. The van der Waals surface area contributed by atoms with Crippen molar-refractivity contribution < 1.29 is 19.1 Å². The highest BCUT2D eigenvalue weighted by atomic mass is 16.5. The van der Waals surface area contributed by atoms with Crippen LogP contribution in [0.5, 0.6) is 0 Å². The summed E-state index contributed by atoms with van der Waals surface area (Å²) in [5.74, 6) is 1.58. The fourth-order valence-corrected chi connectivity index (χ4v) is 6.66. The van der Waals surface area contributed by atoms with Crippen LogP contribution < -0.4 is 0 Å². The van der Waals surface area contributed by atoms with E-state index in [1.54, 1.807) is 6.08 Å². The minimum Gasteiger partial charge on any atom is -0.458 e. The van der Waals surface area contributed by atoms with E-state index < -0.39 is 0 Å². The third-order valence-corrected chi connectivity index (χ3v) is 7.97. The fourth-order valence-electron chi connectivity index (χ4n) is 6.66. The second-order valence-electron chi connectivity index (χ2n) is 9.11. The molecule has 4 aliphatic carbocycles. The lowest BCUT2D eigenvalue weighted by Gasteiger charge is -2.58. The van der Waals surface area contributed by atoms with Crippen LogP contribution >= 0.6 is 0 Å². The van der Waals surface area contributed by atoms with Gasteiger partial charge in [0.1, 0.15) is 11.9 Å². The molecular formula is C21H28O4. The molecule has 4 heteroatoms. The van der Waals surface area contributed by atoms with E-state index in [-0.39, 0.29) is 28.7 Å². The Labute approximate surface area is 149 Å². The molecule has 0 aliphatic heterocycles. The Balaban J connectivity index is 1.75. The molecule has 0 spiro atoms. The van der Waals surface area contributed by atoms with Gasteiger partial charge in [0.2, 0.25) is 0 Å². The largest absolute Gasteiger partial charge is 0.458 e. The smallest absolute Gasteiger partial charge is 0.303 e. The quantitative estimate of drug-likeness (QED) is 0.682. The van der Waals surface area contributed by atoms with Gasteiger partial charge in [-0.25, -0.2) is 0 Å². The summed E-state index contributed by atoms with van der Waals surface area (Å²) in [6.07, 6.45) is 7.33.